The Hall–Kier alpha value is -2.26. The number of benzene rings is 1. The summed E-state index contributed by atoms with van der Waals surface area (Å²) in [5.74, 6) is 1.53. The van der Waals surface area contributed by atoms with E-state index in [0.717, 1.165) is 29.1 Å². The highest BCUT2D eigenvalue weighted by molar-refractivity contribution is 9.13. The number of carbonyl (C=O) groups excluding carboxylic acids is 1. The van der Waals surface area contributed by atoms with Crippen LogP contribution in [-0.4, -0.2) is 56.5 Å². The molecule has 1 aliphatic rings. The van der Waals surface area contributed by atoms with Crippen molar-refractivity contribution in [2.45, 2.75) is 6.54 Å². The van der Waals surface area contributed by atoms with Gasteiger partial charge < -0.3 is 14.4 Å². The van der Waals surface area contributed by atoms with Gasteiger partial charge in [0.15, 0.2) is 0 Å². The average molecular weight is 506 g/mol. The predicted octanol–water partition coefficient (Wildman–Crippen LogP) is 3.21. The number of aromatic nitrogens is 4. The molecule has 1 fully saturated rings. The fourth-order valence-electron chi connectivity index (χ4n) is 3.20. The zero-order chi connectivity index (χ0) is 19.5. The molecule has 3 aromatic rings. The van der Waals surface area contributed by atoms with Gasteiger partial charge in [0.2, 0.25) is 11.9 Å². The zero-order valence-corrected chi connectivity index (χ0v) is 18.2. The second-order valence-corrected chi connectivity index (χ2v) is 7.89. The molecule has 3 heterocycles. The van der Waals surface area contributed by atoms with Crippen LogP contribution in [-0.2, 0) is 11.3 Å². The van der Waals surface area contributed by atoms with Crippen LogP contribution in [0.15, 0.2) is 58.0 Å². The maximum absolute atomic E-state index is 12.9. The van der Waals surface area contributed by atoms with E-state index >= 15 is 0 Å². The highest BCUT2D eigenvalue weighted by atomic mass is 79.9. The Morgan fingerprint density at radius 2 is 1.64 bits per heavy atom. The molecule has 28 heavy (non-hydrogen) atoms. The number of halogens is 2. The molecule has 0 atom stereocenters. The molecule has 144 valence electrons. The highest BCUT2D eigenvalue weighted by Gasteiger charge is 2.25. The summed E-state index contributed by atoms with van der Waals surface area (Å²) in [4.78, 5) is 30.1. The second kappa shape index (κ2) is 8.40. The van der Waals surface area contributed by atoms with Gasteiger partial charge in [0, 0.05) is 44.1 Å². The maximum atomic E-state index is 12.9. The Labute approximate surface area is 179 Å². The van der Waals surface area contributed by atoms with Gasteiger partial charge in [0.25, 0.3) is 0 Å². The Morgan fingerprint density at radius 1 is 0.964 bits per heavy atom. The number of nitrogens with zero attached hydrogens (tertiary/aromatic N) is 6. The van der Waals surface area contributed by atoms with Crippen molar-refractivity contribution in [2.24, 2.45) is 0 Å². The van der Waals surface area contributed by atoms with E-state index in [4.69, 9.17) is 0 Å². The summed E-state index contributed by atoms with van der Waals surface area (Å²) in [6.07, 6.45) is 3.47. The van der Waals surface area contributed by atoms with Crippen LogP contribution in [0.1, 0.15) is 0 Å². The molecular formula is C19H18Br2N6O. The number of hydrogen-bond acceptors (Lipinski definition) is 5. The van der Waals surface area contributed by atoms with Crippen molar-refractivity contribution in [1.29, 1.82) is 0 Å². The Morgan fingerprint density at radius 3 is 2.32 bits per heavy atom. The molecular weight excluding hydrogens is 488 g/mol. The number of anilines is 1. The number of carbonyl (C=O) groups is 1. The smallest absolute Gasteiger partial charge is 0.242 e. The molecule has 0 saturated carbocycles. The number of hydrogen-bond donors (Lipinski definition) is 0. The molecule has 1 amide bonds. The minimum absolute atomic E-state index is 0.0661. The van der Waals surface area contributed by atoms with E-state index in [1.165, 1.54) is 0 Å². The molecule has 4 rings (SSSR count). The van der Waals surface area contributed by atoms with Gasteiger partial charge in [0.05, 0.1) is 0 Å². The van der Waals surface area contributed by atoms with E-state index in [1.54, 1.807) is 18.5 Å². The lowest BCUT2D eigenvalue weighted by molar-refractivity contribution is -0.132. The van der Waals surface area contributed by atoms with E-state index in [1.807, 2.05) is 39.8 Å². The van der Waals surface area contributed by atoms with Crippen LogP contribution < -0.4 is 4.90 Å². The van der Waals surface area contributed by atoms with Gasteiger partial charge in [-0.25, -0.2) is 15.0 Å². The number of imidazole rings is 1. The van der Waals surface area contributed by atoms with Crippen LogP contribution in [0.4, 0.5) is 5.95 Å². The molecule has 2 aromatic heterocycles. The monoisotopic (exact) mass is 504 g/mol. The van der Waals surface area contributed by atoms with Crippen LogP contribution in [0, 0.1) is 0 Å². The largest absolute Gasteiger partial charge is 0.338 e. The first kappa shape index (κ1) is 19.1. The number of rotatable bonds is 4. The average Bonchev–Trinajstić information content (AvgIpc) is 3.03. The Kier molecular flexibility index (Phi) is 5.72. The van der Waals surface area contributed by atoms with Crippen LogP contribution in [0.5, 0.6) is 0 Å². The van der Waals surface area contributed by atoms with Crippen LogP contribution in [0.25, 0.3) is 11.4 Å². The summed E-state index contributed by atoms with van der Waals surface area (Å²) < 4.78 is 3.34. The topological polar surface area (TPSA) is 67.2 Å². The number of amides is 1. The summed E-state index contributed by atoms with van der Waals surface area (Å²) in [6, 6.07) is 11.7. The lowest BCUT2D eigenvalue weighted by atomic mass is 10.2. The quantitative estimate of drug-likeness (QED) is 0.544. The molecule has 1 aromatic carbocycles. The van der Waals surface area contributed by atoms with E-state index in [2.05, 4.69) is 51.7 Å². The third-order valence-corrected chi connectivity index (χ3v) is 6.55. The van der Waals surface area contributed by atoms with Crippen molar-refractivity contribution in [3.63, 3.8) is 0 Å². The molecule has 0 aliphatic carbocycles. The van der Waals surface area contributed by atoms with Crippen LogP contribution >= 0.6 is 31.9 Å². The van der Waals surface area contributed by atoms with Gasteiger partial charge in [-0.2, -0.15) is 0 Å². The summed E-state index contributed by atoms with van der Waals surface area (Å²) in [7, 11) is 0. The molecule has 0 bridgehead atoms. The summed E-state index contributed by atoms with van der Waals surface area (Å²) in [5, 5.41) is 0. The maximum Gasteiger partial charge on any atom is 0.242 e. The zero-order valence-electron chi connectivity index (χ0n) is 15.0. The molecule has 1 saturated heterocycles. The molecule has 1 aliphatic heterocycles. The lowest BCUT2D eigenvalue weighted by Crippen LogP contribution is -2.50. The van der Waals surface area contributed by atoms with Crippen LogP contribution in [0.3, 0.4) is 0 Å². The summed E-state index contributed by atoms with van der Waals surface area (Å²) in [5.41, 5.74) is 0.966. The van der Waals surface area contributed by atoms with Crippen molar-refractivity contribution >= 4 is 43.7 Å². The summed E-state index contributed by atoms with van der Waals surface area (Å²) in [6.45, 7) is 2.95. The standard InChI is InChI=1S/C19H18Br2N6O/c20-16-17(21)27(18(24-16)14-5-2-1-3-6-14)13-15(28)25-9-11-26(12-10-25)19-22-7-4-8-23-19/h1-8H,9-13H2. The molecule has 0 radical (unpaired) electrons. The van der Waals surface area contributed by atoms with Crippen molar-refractivity contribution < 1.29 is 4.79 Å². The van der Waals surface area contributed by atoms with Crippen molar-refractivity contribution in [3.05, 3.63) is 58.0 Å². The third-order valence-electron chi connectivity index (χ3n) is 4.66. The Bertz CT molecular complexity index is 955. The van der Waals surface area contributed by atoms with E-state index in [9.17, 15) is 4.79 Å². The first-order valence-electron chi connectivity index (χ1n) is 8.90. The molecule has 0 unspecified atom stereocenters. The fourth-order valence-corrected chi connectivity index (χ4v) is 3.97. The van der Waals surface area contributed by atoms with Gasteiger partial charge in [-0.05, 0) is 37.9 Å². The van der Waals surface area contributed by atoms with Gasteiger partial charge in [-0.15, -0.1) is 0 Å². The minimum Gasteiger partial charge on any atom is -0.338 e. The third kappa shape index (κ3) is 3.95. The van der Waals surface area contributed by atoms with Gasteiger partial charge in [-0.1, -0.05) is 30.3 Å². The lowest BCUT2D eigenvalue weighted by Gasteiger charge is -2.34. The van der Waals surface area contributed by atoms with Crippen molar-refractivity contribution in [3.8, 4) is 11.4 Å². The summed E-state index contributed by atoms with van der Waals surface area (Å²) >= 11 is 7.01. The molecule has 9 heteroatoms. The Balaban J connectivity index is 1.46. The predicted molar refractivity (Wildman–Crippen MR) is 114 cm³/mol. The minimum atomic E-state index is 0.0661. The van der Waals surface area contributed by atoms with E-state index < -0.39 is 0 Å². The molecule has 0 spiro atoms. The molecule has 0 N–H and O–H groups in total. The van der Waals surface area contributed by atoms with Gasteiger partial charge in [0.1, 0.15) is 21.6 Å². The fraction of sp³-hybridized carbons (Fsp3) is 0.263. The first-order valence-corrected chi connectivity index (χ1v) is 10.5. The normalized spacial score (nSPS) is 14.4. The van der Waals surface area contributed by atoms with Crippen molar-refractivity contribution in [2.75, 3.05) is 31.1 Å². The highest BCUT2D eigenvalue weighted by Crippen LogP contribution is 2.30. The molecule has 7 nitrogen and oxygen atoms in total. The first-order chi connectivity index (χ1) is 13.6. The van der Waals surface area contributed by atoms with Crippen molar-refractivity contribution in [1.82, 2.24) is 24.4 Å². The van der Waals surface area contributed by atoms with Gasteiger partial charge >= 0.3 is 0 Å². The van der Waals surface area contributed by atoms with E-state index in [0.29, 0.717) is 23.6 Å². The van der Waals surface area contributed by atoms with E-state index in [-0.39, 0.29) is 12.5 Å². The van der Waals surface area contributed by atoms with Gasteiger partial charge in [-0.3, -0.25) is 4.79 Å². The second-order valence-electron chi connectivity index (χ2n) is 6.39. The van der Waals surface area contributed by atoms with Crippen LogP contribution in [0.2, 0.25) is 0 Å². The SMILES string of the molecule is O=C(Cn1c(-c2ccccc2)nc(Br)c1Br)N1CCN(c2ncccn2)CC1. The number of piperazine rings is 1.